The molecule has 1 N–H and O–H groups in total. The molecule has 1 amide bonds. The maximum Gasteiger partial charge on any atom is 0.277 e. The molecule has 3 rings (SSSR count). The maximum absolute atomic E-state index is 12.1. The number of carbonyl (C=O) groups is 1. The third-order valence-electron chi connectivity index (χ3n) is 3.16. The van der Waals surface area contributed by atoms with Crippen LogP contribution in [0.1, 0.15) is 26.5 Å². The Bertz CT molecular complexity index is 855. The molecule has 0 unspecified atom stereocenters. The number of nitrogens with one attached hydrogen (secondary N) is 1. The average molecular weight is 375 g/mol. The monoisotopic (exact) mass is 375 g/mol. The highest BCUT2D eigenvalue weighted by molar-refractivity contribution is 7.99. The van der Waals surface area contributed by atoms with Crippen molar-refractivity contribution in [3.05, 3.63) is 35.6 Å². The van der Waals surface area contributed by atoms with Crippen LogP contribution in [-0.2, 0) is 10.2 Å². The van der Waals surface area contributed by atoms with Crippen LogP contribution in [0.15, 0.2) is 39.5 Å². The lowest BCUT2D eigenvalue weighted by Crippen LogP contribution is -2.15. The Hall–Kier alpha value is -2.26. The van der Waals surface area contributed by atoms with Crippen molar-refractivity contribution in [2.75, 3.05) is 11.1 Å². The lowest BCUT2D eigenvalue weighted by atomic mass is 9.93. The summed E-state index contributed by atoms with van der Waals surface area (Å²) in [4.78, 5) is 20.5. The van der Waals surface area contributed by atoms with Gasteiger partial charge in [-0.25, -0.2) is 4.98 Å². The van der Waals surface area contributed by atoms with Crippen LogP contribution in [0.4, 0.5) is 5.13 Å². The Morgan fingerprint density at radius 3 is 2.88 bits per heavy atom. The minimum atomic E-state index is -0.166. The Labute approximate surface area is 153 Å². The van der Waals surface area contributed by atoms with Crippen molar-refractivity contribution in [2.24, 2.45) is 0 Å². The minimum Gasteiger partial charge on any atom is -0.411 e. The van der Waals surface area contributed by atoms with Crippen LogP contribution in [0.3, 0.4) is 0 Å². The molecule has 0 spiro atoms. The van der Waals surface area contributed by atoms with Crippen LogP contribution in [0.2, 0.25) is 0 Å². The number of nitrogens with zero attached hydrogens (tertiary/aromatic N) is 4. The normalized spacial score (nSPS) is 11.5. The Balaban J connectivity index is 1.54. The summed E-state index contributed by atoms with van der Waals surface area (Å²) in [6.07, 6.45) is 3.31. The van der Waals surface area contributed by atoms with E-state index in [1.807, 2.05) is 11.4 Å². The molecule has 0 aliphatic heterocycles. The first kappa shape index (κ1) is 17.6. The molecule has 9 heteroatoms. The predicted molar refractivity (Wildman–Crippen MR) is 97.7 cm³/mol. The number of rotatable bonds is 5. The topological polar surface area (TPSA) is 93.8 Å². The molecule has 0 bridgehead atoms. The second-order valence-corrected chi connectivity index (χ2v) is 8.02. The zero-order chi connectivity index (χ0) is 17.9. The van der Waals surface area contributed by atoms with E-state index < -0.39 is 0 Å². The Morgan fingerprint density at radius 2 is 2.20 bits per heavy atom. The first-order valence-corrected chi connectivity index (χ1v) is 9.41. The van der Waals surface area contributed by atoms with Crippen molar-refractivity contribution < 1.29 is 9.21 Å². The number of amides is 1. The first-order valence-electron chi connectivity index (χ1n) is 7.54. The molecule has 130 valence electrons. The zero-order valence-electron chi connectivity index (χ0n) is 14.0. The molecule has 7 nitrogen and oxygen atoms in total. The molecule has 3 heterocycles. The van der Waals surface area contributed by atoms with Gasteiger partial charge in [0, 0.05) is 23.2 Å². The first-order chi connectivity index (χ1) is 11.9. The van der Waals surface area contributed by atoms with Crippen molar-refractivity contribution in [3.63, 3.8) is 0 Å². The number of carbonyl (C=O) groups excluding carboxylic acids is 1. The third-order valence-corrected chi connectivity index (χ3v) is 4.74. The molecule has 0 aliphatic carbocycles. The van der Waals surface area contributed by atoms with Crippen molar-refractivity contribution in [1.82, 2.24) is 20.2 Å². The fourth-order valence-corrected chi connectivity index (χ4v) is 3.35. The van der Waals surface area contributed by atoms with Gasteiger partial charge in [-0.15, -0.1) is 21.5 Å². The molecule has 0 atom stereocenters. The van der Waals surface area contributed by atoms with Gasteiger partial charge < -0.3 is 9.73 Å². The number of thioether (sulfide) groups is 1. The van der Waals surface area contributed by atoms with E-state index >= 15 is 0 Å². The van der Waals surface area contributed by atoms with Crippen LogP contribution in [0.5, 0.6) is 0 Å². The van der Waals surface area contributed by atoms with Crippen LogP contribution in [0, 0.1) is 0 Å². The SMILES string of the molecule is CC(C)(C)c1csc(NC(=O)CSc2nnc(-c3cccnc3)o2)n1. The van der Waals surface area contributed by atoms with Gasteiger partial charge in [0.15, 0.2) is 5.13 Å². The van der Waals surface area contributed by atoms with Gasteiger partial charge in [-0.05, 0) is 12.1 Å². The number of aromatic nitrogens is 4. The number of hydrogen-bond donors (Lipinski definition) is 1. The van der Waals surface area contributed by atoms with Gasteiger partial charge in [0.2, 0.25) is 11.8 Å². The van der Waals surface area contributed by atoms with Gasteiger partial charge in [0.05, 0.1) is 17.0 Å². The second kappa shape index (κ2) is 7.32. The molecule has 0 radical (unpaired) electrons. The molecule has 0 fully saturated rings. The Morgan fingerprint density at radius 1 is 1.36 bits per heavy atom. The molecule has 0 aromatic carbocycles. The summed E-state index contributed by atoms with van der Waals surface area (Å²) in [6, 6.07) is 3.62. The second-order valence-electron chi connectivity index (χ2n) is 6.24. The molecule has 0 aliphatic rings. The van der Waals surface area contributed by atoms with Crippen LogP contribution in [-0.4, -0.2) is 31.8 Å². The van der Waals surface area contributed by atoms with E-state index in [0.29, 0.717) is 16.2 Å². The van der Waals surface area contributed by atoms with Crippen molar-refractivity contribution in [2.45, 2.75) is 31.4 Å². The van der Waals surface area contributed by atoms with E-state index in [-0.39, 0.29) is 17.1 Å². The van der Waals surface area contributed by atoms with E-state index in [4.69, 9.17) is 4.42 Å². The lowest BCUT2D eigenvalue weighted by Gasteiger charge is -2.14. The van der Waals surface area contributed by atoms with Crippen LogP contribution < -0.4 is 5.32 Å². The standard InChI is InChI=1S/C16H17N5O2S2/c1-16(2,3)11-8-24-14(18-11)19-12(22)9-25-15-21-20-13(23-15)10-5-4-6-17-7-10/h4-8H,9H2,1-3H3,(H,18,19,22). The summed E-state index contributed by atoms with van der Waals surface area (Å²) in [6.45, 7) is 6.25. The molecule has 0 saturated carbocycles. The quantitative estimate of drug-likeness (QED) is 0.681. The molecule has 0 saturated heterocycles. The van der Waals surface area contributed by atoms with E-state index in [1.165, 1.54) is 23.1 Å². The van der Waals surface area contributed by atoms with Gasteiger partial charge >= 0.3 is 0 Å². The molecular weight excluding hydrogens is 358 g/mol. The van der Waals surface area contributed by atoms with Gasteiger partial charge in [-0.2, -0.15) is 0 Å². The van der Waals surface area contributed by atoms with Gasteiger partial charge in [-0.3, -0.25) is 9.78 Å². The molecular formula is C16H17N5O2S2. The predicted octanol–water partition coefficient (Wildman–Crippen LogP) is 3.62. The molecule has 3 aromatic rings. The van der Waals surface area contributed by atoms with E-state index in [9.17, 15) is 4.79 Å². The highest BCUT2D eigenvalue weighted by Gasteiger charge is 2.18. The zero-order valence-corrected chi connectivity index (χ0v) is 15.6. The number of pyridine rings is 1. The van der Waals surface area contributed by atoms with Crippen LogP contribution >= 0.6 is 23.1 Å². The van der Waals surface area contributed by atoms with E-state index in [1.54, 1.807) is 18.5 Å². The fraction of sp³-hybridized carbons (Fsp3) is 0.312. The van der Waals surface area contributed by atoms with E-state index in [2.05, 4.69) is 46.3 Å². The maximum atomic E-state index is 12.1. The summed E-state index contributed by atoms with van der Waals surface area (Å²) in [7, 11) is 0. The highest BCUT2D eigenvalue weighted by Crippen LogP contribution is 2.27. The van der Waals surface area contributed by atoms with Crippen molar-refractivity contribution >= 4 is 34.1 Å². The average Bonchev–Trinajstić information content (AvgIpc) is 3.23. The highest BCUT2D eigenvalue weighted by atomic mass is 32.2. The summed E-state index contributed by atoms with van der Waals surface area (Å²) >= 11 is 2.60. The lowest BCUT2D eigenvalue weighted by molar-refractivity contribution is -0.113. The van der Waals surface area contributed by atoms with Crippen molar-refractivity contribution in [3.8, 4) is 11.5 Å². The third kappa shape index (κ3) is 4.64. The number of anilines is 1. The summed E-state index contributed by atoms with van der Waals surface area (Å²) < 4.78 is 5.53. The van der Waals surface area contributed by atoms with Crippen molar-refractivity contribution in [1.29, 1.82) is 0 Å². The summed E-state index contributed by atoms with van der Waals surface area (Å²) in [5.74, 6) is 0.380. The summed E-state index contributed by atoms with van der Waals surface area (Å²) in [5.41, 5.74) is 1.66. The Kier molecular flexibility index (Phi) is 5.14. The van der Waals surface area contributed by atoms with Gasteiger partial charge in [-0.1, -0.05) is 32.5 Å². The van der Waals surface area contributed by atoms with Gasteiger partial charge in [0.1, 0.15) is 0 Å². The molecule has 3 aromatic heterocycles. The van der Waals surface area contributed by atoms with Crippen LogP contribution in [0.25, 0.3) is 11.5 Å². The number of hydrogen-bond acceptors (Lipinski definition) is 8. The molecule has 25 heavy (non-hydrogen) atoms. The summed E-state index contributed by atoms with van der Waals surface area (Å²) in [5, 5.41) is 13.6. The van der Waals surface area contributed by atoms with E-state index in [0.717, 1.165) is 11.3 Å². The number of thiazole rings is 1. The minimum absolute atomic E-state index is 0.0410. The smallest absolute Gasteiger partial charge is 0.277 e. The largest absolute Gasteiger partial charge is 0.411 e. The van der Waals surface area contributed by atoms with Gasteiger partial charge in [0.25, 0.3) is 5.22 Å². The fourth-order valence-electron chi connectivity index (χ4n) is 1.83.